The molecule has 3 rings (SSSR count). The molecule has 0 aliphatic carbocycles. The van der Waals surface area contributed by atoms with Crippen LogP contribution >= 0.6 is 11.3 Å². The first-order valence-corrected chi connectivity index (χ1v) is 10.8. The molecule has 2 aromatic heterocycles. The number of benzene rings is 1. The van der Waals surface area contributed by atoms with Gasteiger partial charge in [0.15, 0.2) is 0 Å². The predicted molar refractivity (Wildman–Crippen MR) is 106 cm³/mol. The zero-order valence-electron chi connectivity index (χ0n) is 15.3. The van der Waals surface area contributed by atoms with Gasteiger partial charge in [-0.2, -0.15) is 4.31 Å². The van der Waals surface area contributed by atoms with Gasteiger partial charge in [0.1, 0.15) is 10.0 Å². The normalized spacial score (nSPS) is 13.4. The molecule has 0 bridgehead atoms. The van der Waals surface area contributed by atoms with Crippen LogP contribution in [0.1, 0.15) is 25.7 Å². The Hall–Kier alpha value is -2.23. The third-order valence-electron chi connectivity index (χ3n) is 4.21. The summed E-state index contributed by atoms with van der Waals surface area (Å²) in [6.07, 6.45) is 0. The van der Waals surface area contributed by atoms with E-state index < -0.39 is 10.0 Å². The van der Waals surface area contributed by atoms with Gasteiger partial charge in [-0.3, -0.25) is 4.79 Å². The van der Waals surface area contributed by atoms with Crippen LogP contribution in [0, 0.1) is 5.92 Å². The smallest absolute Gasteiger partial charge is 0.252 e. The highest BCUT2D eigenvalue weighted by molar-refractivity contribution is 7.91. The van der Waals surface area contributed by atoms with Crippen LogP contribution in [-0.4, -0.2) is 42.2 Å². The first-order chi connectivity index (χ1) is 12.8. The number of para-hydroxylation sites is 2. The Morgan fingerprint density at radius 2 is 2.00 bits per heavy atom. The Kier molecular flexibility index (Phi) is 5.64. The lowest BCUT2D eigenvalue weighted by Gasteiger charge is -2.22. The summed E-state index contributed by atoms with van der Waals surface area (Å²) in [6.45, 7) is 3.69. The monoisotopic (exact) mass is 406 g/mol. The molecule has 0 unspecified atom stereocenters. The number of amides is 1. The van der Waals surface area contributed by atoms with Crippen molar-refractivity contribution in [2.24, 2.45) is 5.92 Å². The van der Waals surface area contributed by atoms with Crippen LogP contribution in [-0.2, 0) is 14.8 Å². The third-order valence-corrected chi connectivity index (χ3v) is 7.39. The standard InChI is InChI=1S/C18H22N4O3S2/c1-12(2)17(18-19-13-7-4-5-8-14(13)20-18)21-15(23)11-22(3)27(24,25)16-9-6-10-26-16/h4-10,12,17H,11H2,1-3H3,(H,19,20)(H,21,23)/t17-/m0/s1. The number of hydrogen-bond donors (Lipinski definition) is 2. The molecular weight excluding hydrogens is 384 g/mol. The average molecular weight is 407 g/mol. The summed E-state index contributed by atoms with van der Waals surface area (Å²) >= 11 is 1.13. The number of nitrogens with one attached hydrogen (secondary N) is 2. The van der Waals surface area contributed by atoms with Crippen molar-refractivity contribution in [3.8, 4) is 0 Å². The number of rotatable bonds is 7. The predicted octanol–water partition coefficient (Wildman–Crippen LogP) is 2.76. The highest BCUT2D eigenvalue weighted by atomic mass is 32.2. The molecule has 144 valence electrons. The number of hydrogen-bond acceptors (Lipinski definition) is 5. The molecular formula is C18H22N4O3S2. The number of thiophene rings is 1. The molecule has 0 radical (unpaired) electrons. The molecule has 0 spiro atoms. The number of imidazole rings is 1. The van der Waals surface area contributed by atoms with Gasteiger partial charge in [-0.1, -0.05) is 32.0 Å². The molecule has 7 nitrogen and oxygen atoms in total. The second-order valence-electron chi connectivity index (χ2n) is 6.62. The first kappa shape index (κ1) is 19.5. The van der Waals surface area contributed by atoms with Gasteiger partial charge < -0.3 is 10.3 Å². The minimum absolute atomic E-state index is 0.0775. The van der Waals surface area contributed by atoms with E-state index in [1.165, 1.54) is 13.1 Å². The topological polar surface area (TPSA) is 95.2 Å². The number of fused-ring (bicyclic) bond motifs is 1. The Morgan fingerprint density at radius 1 is 1.26 bits per heavy atom. The number of H-pyrrole nitrogens is 1. The molecule has 0 saturated carbocycles. The van der Waals surface area contributed by atoms with Crippen LogP contribution in [0.3, 0.4) is 0 Å². The van der Waals surface area contributed by atoms with Gasteiger partial charge in [0.05, 0.1) is 23.6 Å². The van der Waals surface area contributed by atoms with Crippen molar-refractivity contribution in [3.05, 3.63) is 47.6 Å². The number of aromatic amines is 1. The van der Waals surface area contributed by atoms with E-state index in [1.54, 1.807) is 11.4 Å². The van der Waals surface area contributed by atoms with Gasteiger partial charge in [-0.05, 0) is 29.5 Å². The quantitative estimate of drug-likeness (QED) is 0.631. The summed E-state index contributed by atoms with van der Waals surface area (Å²) in [6, 6.07) is 10.5. The highest BCUT2D eigenvalue weighted by Gasteiger charge is 2.27. The summed E-state index contributed by atoms with van der Waals surface area (Å²) in [5.41, 5.74) is 1.72. The van der Waals surface area contributed by atoms with E-state index in [1.807, 2.05) is 38.1 Å². The molecule has 1 amide bonds. The maximum atomic E-state index is 12.5. The molecule has 0 aliphatic heterocycles. The van der Waals surface area contributed by atoms with Crippen molar-refractivity contribution in [2.75, 3.05) is 13.6 Å². The molecule has 27 heavy (non-hydrogen) atoms. The lowest BCUT2D eigenvalue weighted by atomic mass is 10.0. The number of sulfonamides is 1. The zero-order valence-corrected chi connectivity index (χ0v) is 17.0. The van der Waals surface area contributed by atoms with Crippen LogP contribution in [0.2, 0.25) is 0 Å². The largest absolute Gasteiger partial charge is 0.345 e. The number of carbonyl (C=O) groups excluding carboxylic acids is 1. The van der Waals surface area contributed by atoms with Crippen molar-refractivity contribution >= 4 is 38.3 Å². The Balaban J connectivity index is 1.74. The van der Waals surface area contributed by atoms with E-state index in [-0.39, 0.29) is 28.6 Å². The molecule has 0 saturated heterocycles. The van der Waals surface area contributed by atoms with Crippen molar-refractivity contribution in [1.29, 1.82) is 0 Å². The van der Waals surface area contributed by atoms with Gasteiger partial charge in [-0.15, -0.1) is 11.3 Å². The third kappa shape index (κ3) is 4.20. The maximum Gasteiger partial charge on any atom is 0.252 e. The first-order valence-electron chi connectivity index (χ1n) is 8.53. The van der Waals surface area contributed by atoms with Gasteiger partial charge in [0.25, 0.3) is 10.0 Å². The summed E-state index contributed by atoms with van der Waals surface area (Å²) in [4.78, 5) is 20.3. The lowest BCUT2D eigenvalue weighted by molar-refractivity contribution is -0.122. The van der Waals surface area contributed by atoms with E-state index >= 15 is 0 Å². The van der Waals surface area contributed by atoms with Crippen LogP contribution in [0.5, 0.6) is 0 Å². The molecule has 2 N–H and O–H groups in total. The van der Waals surface area contributed by atoms with Crippen molar-refractivity contribution in [3.63, 3.8) is 0 Å². The lowest BCUT2D eigenvalue weighted by Crippen LogP contribution is -2.41. The van der Waals surface area contributed by atoms with Crippen LogP contribution < -0.4 is 5.32 Å². The molecule has 1 atom stereocenters. The second kappa shape index (κ2) is 7.79. The Morgan fingerprint density at radius 3 is 2.63 bits per heavy atom. The number of aromatic nitrogens is 2. The minimum atomic E-state index is -3.66. The molecule has 2 heterocycles. The van der Waals surface area contributed by atoms with Crippen LogP contribution in [0.4, 0.5) is 0 Å². The van der Waals surface area contributed by atoms with Gasteiger partial charge >= 0.3 is 0 Å². The number of carbonyl (C=O) groups is 1. The van der Waals surface area contributed by atoms with Gasteiger partial charge in [0, 0.05) is 7.05 Å². The fourth-order valence-corrected chi connectivity index (χ4v) is 5.07. The zero-order chi connectivity index (χ0) is 19.6. The van der Waals surface area contributed by atoms with Crippen LogP contribution in [0.25, 0.3) is 11.0 Å². The van der Waals surface area contributed by atoms with E-state index in [2.05, 4.69) is 15.3 Å². The average Bonchev–Trinajstić information content (AvgIpc) is 3.28. The fourth-order valence-electron chi connectivity index (χ4n) is 2.74. The van der Waals surface area contributed by atoms with Crippen molar-refractivity contribution in [1.82, 2.24) is 19.6 Å². The number of likely N-dealkylation sites (N-methyl/N-ethyl adjacent to an activating group) is 1. The minimum Gasteiger partial charge on any atom is -0.345 e. The summed E-state index contributed by atoms with van der Waals surface area (Å²) in [5.74, 6) is 0.355. The summed E-state index contributed by atoms with van der Waals surface area (Å²) in [7, 11) is -2.26. The van der Waals surface area contributed by atoms with E-state index in [4.69, 9.17) is 0 Å². The number of nitrogens with zero attached hydrogens (tertiary/aromatic N) is 2. The maximum absolute atomic E-state index is 12.5. The second-order valence-corrected chi connectivity index (χ2v) is 9.84. The summed E-state index contributed by atoms with van der Waals surface area (Å²) < 4.78 is 26.2. The Bertz CT molecular complexity index is 993. The van der Waals surface area contributed by atoms with E-state index in [9.17, 15) is 13.2 Å². The summed E-state index contributed by atoms with van der Waals surface area (Å²) in [5, 5.41) is 4.60. The van der Waals surface area contributed by atoms with Crippen molar-refractivity contribution in [2.45, 2.75) is 24.1 Å². The van der Waals surface area contributed by atoms with E-state index in [0.717, 1.165) is 26.7 Å². The Labute approximate surface area is 162 Å². The highest BCUT2D eigenvalue weighted by Crippen LogP contribution is 2.23. The molecule has 1 aromatic carbocycles. The van der Waals surface area contributed by atoms with Crippen LogP contribution in [0.15, 0.2) is 46.0 Å². The molecule has 9 heteroatoms. The molecule has 0 fully saturated rings. The molecule has 3 aromatic rings. The van der Waals surface area contributed by atoms with Crippen molar-refractivity contribution < 1.29 is 13.2 Å². The molecule has 0 aliphatic rings. The SMILES string of the molecule is CC(C)[C@H](NC(=O)CN(C)S(=O)(=O)c1cccs1)c1nc2ccccc2[nH]1. The van der Waals surface area contributed by atoms with Gasteiger partial charge in [0.2, 0.25) is 5.91 Å². The van der Waals surface area contributed by atoms with Gasteiger partial charge in [-0.25, -0.2) is 13.4 Å². The fraction of sp³-hybridized carbons (Fsp3) is 0.333. The van der Waals surface area contributed by atoms with E-state index in [0.29, 0.717) is 5.82 Å².